The van der Waals surface area contributed by atoms with E-state index in [9.17, 15) is 0 Å². The average molecular weight is 312 g/mol. The van der Waals surface area contributed by atoms with Gasteiger partial charge in [-0.2, -0.15) is 5.10 Å². The Kier molecular flexibility index (Phi) is 4.14. The molecule has 2 heterocycles. The molecule has 122 valence electrons. The third kappa shape index (κ3) is 3.03. The van der Waals surface area contributed by atoms with Crippen LogP contribution in [0.25, 0.3) is 0 Å². The summed E-state index contributed by atoms with van der Waals surface area (Å²) < 4.78 is 7.42. The van der Waals surface area contributed by atoms with Gasteiger partial charge in [0.05, 0.1) is 6.54 Å². The van der Waals surface area contributed by atoms with Crippen molar-refractivity contribution >= 4 is 0 Å². The predicted octanol–water partition coefficient (Wildman–Crippen LogP) is 2.38. The third-order valence-electron chi connectivity index (χ3n) is 5.61. The molecule has 2 aromatic rings. The van der Waals surface area contributed by atoms with Crippen LogP contribution in [0.3, 0.4) is 0 Å². The molecule has 5 nitrogen and oxygen atoms in total. The number of hydrogen-bond donors (Lipinski definition) is 1. The van der Waals surface area contributed by atoms with Crippen LogP contribution in [-0.2, 0) is 17.8 Å². The van der Waals surface area contributed by atoms with E-state index < -0.39 is 0 Å². The second-order valence-electron chi connectivity index (χ2n) is 6.81. The Labute approximate surface area is 137 Å². The lowest BCUT2D eigenvalue weighted by atomic mass is 9.60. The molecule has 1 aromatic carbocycles. The largest absolute Gasteiger partial charge is 0.381 e. The highest BCUT2D eigenvalue weighted by Crippen LogP contribution is 2.48. The van der Waals surface area contributed by atoms with Crippen LogP contribution in [0.1, 0.15) is 36.8 Å². The molecule has 1 saturated heterocycles. The van der Waals surface area contributed by atoms with Crippen molar-refractivity contribution in [3.8, 4) is 0 Å². The first-order valence-corrected chi connectivity index (χ1v) is 8.56. The number of nitrogens with one attached hydrogen (secondary N) is 1. The Morgan fingerprint density at radius 1 is 1.17 bits per heavy atom. The van der Waals surface area contributed by atoms with Gasteiger partial charge >= 0.3 is 0 Å². The van der Waals surface area contributed by atoms with Gasteiger partial charge in [-0.25, -0.2) is 9.67 Å². The highest BCUT2D eigenvalue weighted by atomic mass is 16.5. The van der Waals surface area contributed by atoms with Crippen molar-refractivity contribution in [2.45, 2.75) is 44.8 Å². The first-order valence-electron chi connectivity index (χ1n) is 8.56. The fraction of sp³-hybridized carbons (Fsp3) is 0.556. The summed E-state index contributed by atoms with van der Waals surface area (Å²) in [4.78, 5) is 4.03. The van der Waals surface area contributed by atoms with Crippen LogP contribution in [0.2, 0.25) is 0 Å². The molecule has 2 fully saturated rings. The topological polar surface area (TPSA) is 52.0 Å². The second-order valence-corrected chi connectivity index (χ2v) is 6.81. The minimum Gasteiger partial charge on any atom is -0.381 e. The first kappa shape index (κ1) is 14.8. The van der Waals surface area contributed by atoms with Crippen LogP contribution < -0.4 is 5.32 Å². The van der Waals surface area contributed by atoms with Crippen LogP contribution in [0.15, 0.2) is 36.9 Å². The fourth-order valence-corrected chi connectivity index (χ4v) is 4.00. The average Bonchev–Trinajstić information content (AvgIpc) is 3.09. The zero-order valence-corrected chi connectivity index (χ0v) is 13.4. The number of benzene rings is 1. The Morgan fingerprint density at radius 3 is 2.70 bits per heavy atom. The lowest BCUT2D eigenvalue weighted by Gasteiger charge is -2.52. The summed E-state index contributed by atoms with van der Waals surface area (Å²) in [6, 6.07) is 9.26. The van der Waals surface area contributed by atoms with Gasteiger partial charge in [-0.15, -0.1) is 0 Å². The van der Waals surface area contributed by atoms with Crippen LogP contribution in [-0.4, -0.2) is 34.0 Å². The van der Waals surface area contributed by atoms with E-state index in [0.29, 0.717) is 11.5 Å². The summed E-state index contributed by atoms with van der Waals surface area (Å²) in [6.07, 6.45) is 8.44. The molecule has 1 aliphatic heterocycles. The maximum atomic E-state index is 5.55. The molecule has 1 saturated carbocycles. The molecule has 2 aliphatic rings. The summed E-state index contributed by atoms with van der Waals surface area (Å²) in [5.74, 6) is 0. The van der Waals surface area contributed by atoms with Crippen molar-refractivity contribution in [1.82, 2.24) is 20.1 Å². The Balaban J connectivity index is 1.41. The van der Waals surface area contributed by atoms with E-state index in [0.717, 1.165) is 26.3 Å². The highest BCUT2D eigenvalue weighted by Gasteiger charge is 2.46. The predicted molar refractivity (Wildman–Crippen MR) is 87.9 cm³/mol. The van der Waals surface area contributed by atoms with Gasteiger partial charge in [0.25, 0.3) is 0 Å². The maximum absolute atomic E-state index is 5.55. The number of aromatic nitrogens is 3. The fourth-order valence-electron chi connectivity index (χ4n) is 4.00. The Bertz CT molecular complexity index is 634. The molecule has 1 spiro atoms. The van der Waals surface area contributed by atoms with Crippen molar-refractivity contribution in [3.63, 3.8) is 0 Å². The standard InChI is InChI=1S/C18H24N4O/c1-2-4-16(12-22-14-19-13-21-22)15(3-1)11-20-17-5-6-18(17)7-9-23-10-8-18/h1-4,13-14,17,20H,5-12H2. The van der Waals surface area contributed by atoms with Crippen molar-refractivity contribution in [2.75, 3.05) is 13.2 Å². The molecule has 0 amide bonds. The molecule has 5 heteroatoms. The van der Waals surface area contributed by atoms with Crippen LogP contribution in [0.5, 0.6) is 0 Å². The van der Waals surface area contributed by atoms with Gasteiger partial charge in [-0.1, -0.05) is 24.3 Å². The van der Waals surface area contributed by atoms with Gasteiger partial charge in [0, 0.05) is 25.8 Å². The summed E-state index contributed by atoms with van der Waals surface area (Å²) in [7, 11) is 0. The van der Waals surface area contributed by atoms with Gasteiger partial charge < -0.3 is 10.1 Å². The number of ether oxygens (including phenoxy) is 1. The van der Waals surface area contributed by atoms with E-state index in [1.54, 1.807) is 12.7 Å². The quantitative estimate of drug-likeness (QED) is 0.921. The molecule has 4 rings (SSSR count). The smallest absolute Gasteiger partial charge is 0.137 e. The molecule has 1 aromatic heterocycles. The molecule has 0 bridgehead atoms. The lowest BCUT2D eigenvalue weighted by molar-refractivity contribution is -0.0552. The summed E-state index contributed by atoms with van der Waals surface area (Å²) in [6.45, 7) is 3.57. The minimum absolute atomic E-state index is 0.499. The molecule has 1 unspecified atom stereocenters. The number of nitrogens with zero attached hydrogens (tertiary/aromatic N) is 3. The van der Waals surface area contributed by atoms with E-state index in [1.165, 1.54) is 36.8 Å². The van der Waals surface area contributed by atoms with Crippen LogP contribution >= 0.6 is 0 Å². The van der Waals surface area contributed by atoms with Crippen LogP contribution in [0, 0.1) is 5.41 Å². The van der Waals surface area contributed by atoms with Crippen molar-refractivity contribution in [3.05, 3.63) is 48.0 Å². The molecular weight excluding hydrogens is 288 g/mol. The monoisotopic (exact) mass is 312 g/mol. The third-order valence-corrected chi connectivity index (χ3v) is 5.61. The van der Waals surface area contributed by atoms with Gasteiger partial charge in [0.2, 0.25) is 0 Å². The summed E-state index contributed by atoms with van der Waals surface area (Å²) in [5, 5.41) is 8.03. The molecule has 0 radical (unpaired) electrons. The number of hydrogen-bond acceptors (Lipinski definition) is 4. The molecule has 1 N–H and O–H groups in total. The van der Waals surface area contributed by atoms with Crippen molar-refractivity contribution < 1.29 is 4.74 Å². The highest BCUT2D eigenvalue weighted by molar-refractivity contribution is 5.27. The first-order chi connectivity index (χ1) is 11.4. The van der Waals surface area contributed by atoms with E-state index >= 15 is 0 Å². The summed E-state index contributed by atoms with van der Waals surface area (Å²) >= 11 is 0. The zero-order chi connectivity index (χ0) is 15.5. The normalized spacial score (nSPS) is 22.9. The molecule has 1 aliphatic carbocycles. The molecule has 1 atom stereocenters. The van der Waals surface area contributed by atoms with E-state index in [-0.39, 0.29) is 0 Å². The minimum atomic E-state index is 0.499. The zero-order valence-electron chi connectivity index (χ0n) is 13.4. The van der Waals surface area contributed by atoms with Gasteiger partial charge in [0.15, 0.2) is 0 Å². The Hall–Kier alpha value is -1.72. The maximum Gasteiger partial charge on any atom is 0.137 e. The van der Waals surface area contributed by atoms with Crippen LogP contribution in [0.4, 0.5) is 0 Å². The van der Waals surface area contributed by atoms with E-state index in [1.807, 2.05) is 4.68 Å². The Morgan fingerprint density at radius 2 is 2.00 bits per heavy atom. The van der Waals surface area contributed by atoms with Crippen molar-refractivity contribution in [1.29, 1.82) is 0 Å². The summed E-state index contributed by atoms with van der Waals surface area (Å²) in [5.41, 5.74) is 3.17. The lowest BCUT2D eigenvalue weighted by Crippen LogP contribution is -2.55. The molecule has 23 heavy (non-hydrogen) atoms. The second kappa shape index (κ2) is 6.42. The van der Waals surface area contributed by atoms with E-state index in [4.69, 9.17) is 4.74 Å². The van der Waals surface area contributed by atoms with E-state index in [2.05, 4.69) is 39.7 Å². The molecular formula is C18H24N4O. The number of rotatable bonds is 5. The SMILES string of the molecule is c1ccc(Cn2cncn2)c(CNC2CCC23CCOCC3)c1. The van der Waals surface area contributed by atoms with Gasteiger partial charge in [-0.3, -0.25) is 0 Å². The van der Waals surface area contributed by atoms with Gasteiger partial charge in [-0.05, 0) is 42.2 Å². The van der Waals surface area contributed by atoms with Gasteiger partial charge in [0.1, 0.15) is 12.7 Å². The van der Waals surface area contributed by atoms with Crippen molar-refractivity contribution in [2.24, 2.45) is 5.41 Å².